The van der Waals surface area contributed by atoms with Gasteiger partial charge in [0.1, 0.15) is 18.4 Å². The lowest BCUT2D eigenvalue weighted by atomic mass is 10.00. The quantitative estimate of drug-likeness (QED) is 0.286. The topological polar surface area (TPSA) is 123 Å². The van der Waals surface area contributed by atoms with Crippen LogP contribution in [-0.2, 0) is 32.0 Å². The summed E-state index contributed by atoms with van der Waals surface area (Å²) in [5.74, 6) is -0.0541. The Morgan fingerprint density at radius 2 is 1.84 bits per heavy atom. The molecule has 2 aromatic carbocycles. The second-order valence-corrected chi connectivity index (χ2v) is 9.10. The van der Waals surface area contributed by atoms with E-state index >= 15 is 0 Å². The van der Waals surface area contributed by atoms with E-state index in [1.165, 1.54) is 0 Å². The number of nitrogens with zero attached hydrogens (tertiary/aromatic N) is 2. The third-order valence-corrected chi connectivity index (χ3v) is 6.67. The first-order chi connectivity index (χ1) is 18.1. The Morgan fingerprint density at radius 1 is 1.00 bits per heavy atom. The van der Waals surface area contributed by atoms with E-state index in [-0.39, 0.29) is 18.2 Å². The maximum Gasteiger partial charge on any atom is 0.255 e. The van der Waals surface area contributed by atoms with Gasteiger partial charge in [0.25, 0.3) is 5.91 Å². The number of carbonyl (C=O) groups is 3. The minimum Gasteiger partial charge on any atom is -0.491 e. The summed E-state index contributed by atoms with van der Waals surface area (Å²) in [7, 11) is 0. The highest BCUT2D eigenvalue weighted by Gasteiger charge is 2.39. The van der Waals surface area contributed by atoms with Crippen molar-refractivity contribution >= 4 is 28.8 Å². The van der Waals surface area contributed by atoms with Crippen molar-refractivity contribution < 1.29 is 28.6 Å². The highest BCUT2D eigenvalue weighted by Crippen LogP contribution is 2.30. The van der Waals surface area contributed by atoms with Crippen molar-refractivity contribution in [3.63, 3.8) is 0 Å². The molecule has 1 saturated heterocycles. The lowest BCUT2D eigenvalue weighted by Crippen LogP contribution is -2.52. The molecule has 3 aromatic rings. The van der Waals surface area contributed by atoms with Crippen molar-refractivity contribution in [3.8, 4) is 5.75 Å². The molecule has 1 aromatic heterocycles. The zero-order valence-corrected chi connectivity index (χ0v) is 20.5. The Balaban J connectivity index is 0.982. The lowest BCUT2D eigenvalue weighted by molar-refractivity contribution is -0.136. The van der Waals surface area contributed by atoms with Crippen LogP contribution in [0.15, 0.2) is 42.7 Å². The molecule has 10 heteroatoms. The van der Waals surface area contributed by atoms with E-state index in [0.717, 1.165) is 40.8 Å². The number of nitrogens with one attached hydrogen (secondary N) is 2. The summed E-state index contributed by atoms with van der Waals surface area (Å²) in [5, 5.41) is 2.34. The van der Waals surface area contributed by atoms with Crippen molar-refractivity contribution in [2.75, 3.05) is 33.0 Å². The molecule has 2 aliphatic rings. The van der Waals surface area contributed by atoms with Crippen LogP contribution >= 0.6 is 0 Å². The number of fused-ring (bicyclic) bond motifs is 2. The minimum absolute atomic E-state index is 0.148. The molecule has 37 heavy (non-hydrogen) atoms. The summed E-state index contributed by atoms with van der Waals surface area (Å²) in [4.78, 5) is 45.5. The van der Waals surface area contributed by atoms with Crippen molar-refractivity contribution in [2.45, 2.75) is 38.3 Å². The molecule has 194 valence electrons. The van der Waals surface area contributed by atoms with Crippen LogP contribution in [0.4, 0.5) is 0 Å². The Kier molecular flexibility index (Phi) is 7.76. The number of piperidine rings is 1. The monoisotopic (exact) mass is 506 g/mol. The van der Waals surface area contributed by atoms with Crippen LogP contribution in [0.2, 0.25) is 0 Å². The zero-order chi connectivity index (χ0) is 25.6. The predicted molar refractivity (Wildman–Crippen MR) is 134 cm³/mol. The first-order valence-electron chi connectivity index (χ1n) is 12.6. The van der Waals surface area contributed by atoms with Gasteiger partial charge < -0.3 is 24.1 Å². The number of aromatic nitrogens is 2. The number of hydrogen-bond donors (Lipinski definition) is 2. The third-order valence-electron chi connectivity index (χ3n) is 6.67. The number of H-pyrrole nitrogens is 1. The van der Waals surface area contributed by atoms with Gasteiger partial charge in [-0.2, -0.15) is 0 Å². The molecular weight excluding hydrogens is 476 g/mol. The highest BCUT2D eigenvalue weighted by atomic mass is 16.5. The van der Waals surface area contributed by atoms with Gasteiger partial charge in [0.2, 0.25) is 11.8 Å². The molecule has 0 radical (unpaired) electrons. The van der Waals surface area contributed by atoms with E-state index in [0.29, 0.717) is 51.6 Å². The van der Waals surface area contributed by atoms with Gasteiger partial charge in [0.05, 0.1) is 37.2 Å². The van der Waals surface area contributed by atoms with Gasteiger partial charge in [-0.25, -0.2) is 4.98 Å². The molecule has 3 amide bonds. The summed E-state index contributed by atoms with van der Waals surface area (Å²) in [6.07, 6.45) is 3.85. The molecule has 0 spiro atoms. The van der Waals surface area contributed by atoms with Crippen LogP contribution in [0, 0.1) is 0 Å². The normalized spacial score (nSPS) is 17.4. The molecule has 0 saturated carbocycles. The van der Waals surface area contributed by atoms with Crippen LogP contribution in [0.3, 0.4) is 0 Å². The summed E-state index contributed by atoms with van der Waals surface area (Å²) < 4.78 is 17.0. The fraction of sp³-hybridized carbons (Fsp3) is 0.407. The molecule has 5 rings (SSSR count). The number of imide groups is 1. The largest absolute Gasteiger partial charge is 0.491 e. The number of benzene rings is 2. The number of rotatable bonds is 12. The van der Waals surface area contributed by atoms with E-state index in [2.05, 4.69) is 15.3 Å². The summed E-state index contributed by atoms with van der Waals surface area (Å²) in [6, 6.07) is 10.8. The van der Waals surface area contributed by atoms with E-state index in [1.807, 2.05) is 30.3 Å². The molecule has 1 fully saturated rings. The molecule has 3 heterocycles. The first-order valence-corrected chi connectivity index (χ1v) is 12.6. The van der Waals surface area contributed by atoms with Crippen LogP contribution in [0.5, 0.6) is 5.75 Å². The van der Waals surface area contributed by atoms with Crippen molar-refractivity contribution in [1.29, 1.82) is 0 Å². The molecule has 2 aliphatic heterocycles. The predicted octanol–water partition coefficient (Wildman–Crippen LogP) is 2.37. The third kappa shape index (κ3) is 5.81. The molecule has 10 nitrogen and oxygen atoms in total. The van der Waals surface area contributed by atoms with Gasteiger partial charge in [-0.3, -0.25) is 19.7 Å². The molecular formula is C27H30N4O6. The number of aryl methyl sites for hydroxylation is 1. The number of hydrogen-bond acceptors (Lipinski definition) is 7. The first kappa shape index (κ1) is 24.9. The average Bonchev–Trinajstić information content (AvgIpc) is 3.50. The summed E-state index contributed by atoms with van der Waals surface area (Å²) in [5.41, 5.74) is 4.53. The second-order valence-electron chi connectivity index (χ2n) is 9.10. The lowest BCUT2D eigenvalue weighted by Gasteiger charge is -2.29. The Labute approximate surface area is 214 Å². The van der Waals surface area contributed by atoms with Crippen molar-refractivity contribution in [1.82, 2.24) is 20.2 Å². The van der Waals surface area contributed by atoms with Gasteiger partial charge >= 0.3 is 0 Å². The molecule has 2 N–H and O–H groups in total. The zero-order valence-electron chi connectivity index (χ0n) is 20.5. The summed E-state index contributed by atoms with van der Waals surface area (Å²) in [6.45, 7) is 2.88. The number of ether oxygens (including phenoxy) is 3. The van der Waals surface area contributed by atoms with Crippen molar-refractivity contribution in [3.05, 3.63) is 59.4 Å². The fourth-order valence-electron chi connectivity index (χ4n) is 4.79. The average molecular weight is 507 g/mol. The maximum atomic E-state index is 12.9. The second kappa shape index (κ2) is 11.5. The number of aromatic amines is 1. The van der Waals surface area contributed by atoms with Crippen LogP contribution in [0.25, 0.3) is 11.0 Å². The van der Waals surface area contributed by atoms with E-state index in [4.69, 9.17) is 14.2 Å². The van der Waals surface area contributed by atoms with Gasteiger partial charge in [0.15, 0.2) is 0 Å². The van der Waals surface area contributed by atoms with Crippen LogP contribution < -0.4 is 10.1 Å². The minimum atomic E-state index is -0.598. The van der Waals surface area contributed by atoms with Gasteiger partial charge in [-0.1, -0.05) is 12.1 Å². The molecule has 1 unspecified atom stereocenters. The Hall–Kier alpha value is -3.76. The molecule has 1 atom stereocenters. The highest BCUT2D eigenvalue weighted by molar-refractivity contribution is 6.05. The van der Waals surface area contributed by atoms with Crippen molar-refractivity contribution in [2.24, 2.45) is 0 Å². The standard InChI is InChI=1S/C27H30N4O6/c32-25-9-8-24(26(33)30-25)31-16-21-18(3-1-5-20(21)27(31)34)4-2-10-35-11-12-36-13-14-37-19-6-7-22-23(15-19)29-17-28-22/h1,3,5-7,15,17,24H,2,4,8-14,16H2,(H,28,29)(H,30,32,33). The fourth-order valence-corrected chi connectivity index (χ4v) is 4.79. The SMILES string of the molecule is O=C1CCC(N2Cc3c(CCCOCCOCCOc4ccc5nc[nH]c5c4)cccc3C2=O)C(=O)N1. The summed E-state index contributed by atoms with van der Waals surface area (Å²) >= 11 is 0. The Bertz CT molecular complexity index is 1290. The van der Waals surface area contributed by atoms with E-state index in [9.17, 15) is 14.4 Å². The van der Waals surface area contributed by atoms with Gasteiger partial charge in [0, 0.05) is 31.2 Å². The van der Waals surface area contributed by atoms with Gasteiger partial charge in [-0.05, 0) is 48.6 Å². The number of amides is 3. The van der Waals surface area contributed by atoms with E-state index < -0.39 is 11.9 Å². The smallest absolute Gasteiger partial charge is 0.255 e. The van der Waals surface area contributed by atoms with E-state index in [1.54, 1.807) is 17.3 Å². The molecule has 0 aliphatic carbocycles. The number of imidazole rings is 1. The Morgan fingerprint density at radius 3 is 2.70 bits per heavy atom. The maximum absolute atomic E-state index is 12.9. The van der Waals surface area contributed by atoms with Crippen LogP contribution in [0.1, 0.15) is 40.7 Å². The van der Waals surface area contributed by atoms with Gasteiger partial charge in [-0.15, -0.1) is 0 Å². The van der Waals surface area contributed by atoms with Crippen LogP contribution in [-0.4, -0.2) is 71.7 Å². The molecule has 0 bridgehead atoms. The number of carbonyl (C=O) groups excluding carboxylic acids is 3.